The van der Waals surface area contributed by atoms with Crippen molar-refractivity contribution < 1.29 is 4.74 Å². The molecule has 4 heteroatoms. The van der Waals surface area contributed by atoms with Gasteiger partial charge in [-0.2, -0.15) is 0 Å². The van der Waals surface area contributed by atoms with Crippen LogP contribution in [-0.4, -0.2) is 42.2 Å². The van der Waals surface area contributed by atoms with Crippen molar-refractivity contribution in [2.24, 2.45) is 0 Å². The third-order valence-corrected chi connectivity index (χ3v) is 3.88. The summed E-state index contributed by atoms with van der Waals surface area (Å²) in [7, 11) is 2.19. The summed E-state index contributed by atoms with van der Waals surface area (Å²) in [6.45, 7) is 7.02. The molecule has 2 rings (SSSR count). The largest absolute Gasteiger partial charge is 0.476 e. The van der Waals surface area contributed by atoms with Crippen molar-refractivity contribution in [3.8, 4) is 5.88 Å². The first-order valence-corrected chi connectivity index (χ1v) is 7.67. The number of ether oxygens (including phenoxy) is 1. The predicted molar refractivity (Wildman–Crippen MR) is 82.0 cm³/mol. The van der Waals surface area contributed by atoms with Gasteiger partial charge in [0.05, 0.1) is 0 Å². The highest BCUT2D eigenvalue weighted by molar-refractivity contribution is 5.25. The summed E-state index contributed by atoms with van der Waals surface area (Å²) >= 11 is 0. The van der Waals surface area contributed by atoms with E-state index < -0.39 is 0 Å². The molecule has 1 unspecified atom stereocenters. The van der Waals surface area contributed by atoms with Crippen molar-refractivity contribution in [3.63, 3.8) is 0 Å². The van der Waals surface area contributed by atoms with Gasteiger partial charge < -0.3 is 15.0 Å². The lowest BCUT2D eigenvalue weighted by Crippen LogP contribution is -2.40. The molecule has 0 bridgehead atoms. The predicted octanol–water partition coefficient (Wildman–Crippen LogP) is 2.44. The molecular formula is C16H27N3O. The van der Waals surface area contributed by atoms with Crippen LogP contribution >= 0.6 is 0 Å². The average Bonchev–Trinajstić information content (AvgIpc) is 2.45. The van der Waals surface area contributed by atoms with Crippen molar-refractivity contribution in [3.05, 3.63) is 23.9 Å². The molecule has 1 aromatic rings. The molecular weight excluding hydrogens is 250 g/mol. The molecule has 1 aliphatic rings. The van der Waals surface area contributed by atoms with Crippen molar-refractivity contribution in [1.29, 1.82) is 0 Å². The van der Waals surface area contributed by atoms with Crippen LogP contribution in [0.15, 0.2) is 18.3 Å². The average molecular weight is 277 g/mol. The van der Waals surface area contributed by atoms with Gasteiger partial charge in [0.2, 0.25) is 5.88 Å². The van der Waals surface area contributed by atoms with Gasteiger partial charge in [0, 0.05) is 30.4 Å². The molecule has 2 heterocycles. The molecule has 1 saturated heterocycles. The lowest BCUT2D eigenvalue weighted by Gasteiger charge is -2.32. The highest BCUT2D eigenvalue weighted by Gasteiger charge is 2.20. The normalized spacial score (nSPS) is 20.3. The van der Waals surface area contributed by atoms with Gasteiger partial charge in [0.15, 0.2) is 0 Å². The van der Waals surface area contributed by atoms with Crippen LogP contribution in [0, 0.1) is 0 Å². The molecule has 20 heavy (non-hydrogen) atoms. The van der Waals surface area contributed by atoms with Gasteiger partial charge in [-0.3, -0.25) is 0 Å². The molecule has 1 atom stereocenters. The number of nitrogens with zero attached hydrogens (tertiary/aromatic N) is 2. The van der Waals surface area contributed by atoms with Crippen LogP contribution in [-0.2, 0) is 6.54 Å². The Kier molecular flexibility index (Phi) is 5.80. The first kappa shape index (κ1) is 15.3. The fraction of sp³-hybridized carbons (Fsp3) is 0.688. The number of hydrogen-bond donors (Lipinski definition) is 1. The van der Waals surface area contributed by atoms with Crippen molar-refractivity contribution in [2.45, 2.75) is 51.7 Å². The second-order valence-corrected chi connectivity index (χ2v) is 5.94. The molecule has 0 amide bonds. The maximum Gasteiger partial charge on any atom is 0.217 e. The van der Waals surface area contributed by atoms with Crippen LogP contribution in [0.5, 0.6) is 5.88 Å². The Balaban J connectivity index is 1.91. The lowest BCUT2D eigenvalue weighted by atomic mass is 10.0. The molecule has 1 N–H and O–H groups in total. The highest BCUT2D eigenvalue weighted by Crippen LogP contribution is 2.19. The third kappa shape index (κ3) is 4.46. The SMILES string of the molecule is CC(C)NCc1cccnc1OCC1CCCCN1C. The van der Waals surface area contributed by atoms with Gasteiger partial charge >= 0.3 is 0 Å². The zero-order chi connectivity index (χ0) is 14.4. The van der Waals surface area contributed by atoms with Crippen molar-refractivity contribution in [2.75, 3.05) is 20.2 Å². The smallest absolute Gasteiger partial charge is 0.217 e. The van der Waals surface area contributed by atoms with Gasteiger partial charge in [-0.1, -0.05) is 26.3 Å². The summed E-state index contributed by atoms with van der Waals surface area (Å²) < 4.78 is 5.99. The van der Waals surface area contributed by atoms with Crippen LogP contribution in [0.4, 0.5) is 0 Å². The number of piperidine rings is 1. The second-order valence-electron chi connectivity index (χ2n) is 5.94. The van der Waals surface area contributed by atoms with E-state index in [4.69, 9.17) is 4.74 Å². The van der Waals surface area contributed by atoms with Gasteiger partial charge in [0.1, 0.15) is 6.61 Å². The maximum absolute atomic E-state index is 5.99. The topological polar surface area (TPSA) is 37.4 Å². The Bertz CT molecular complexity index is 408. The van der Waals surface area contributed by atoms with Crippen LogP contribution in [0.1, 0.15) is 38.7 Å². The summed E-state index contributed by atoms with van der Waals surface area (Å²) in [6, 6.07) is 5.04. The number of pyridine rings is 1. The number of rotatable bonds is 6. The van der Waals surface area contributed by atoms with Crippen LogP contribution in [0.25, 0.3) is 0 Å². The van der Waals surface area contributed by atoms with E-state index in [1.165, 1.54) is 25.8 Å². The van der Waals surface area contributed by atoms with Crippen LogP contribution in [0.3, 0.4) is 0 Å². The summed E-state index contributed by atoms with van der Waals surface area (Å²) in [6.07, 6.45) is 5.64. The fourth-order valence-electron chi connectivity index (χ4n) is 2.53. The second kappa shape index (κ2) is 7.60. The quantitative estimate of drug-likeness (QED) is 0.866. The van der Waals surface area contributed by atoms with E-state index in [0.29, 0.717) is 12.1 Å². The molecule has 1 fully saturated rings. The van der Waals surface area contributed by atoms with Crippen LogP contribution < -0.4 is 10.1 Å². The van der Waals surface area contributed by atoms with E-state index in [0.717, 1.165) is 24.6 Å². The summed E-state index contributed by atoms with van der Waals surface area (Å²) in [5, 5.41) is 3.42. The lowest BCUT2D eigenvalue weighted by molar-refractivity contribution is 0.122. The van der Waals surface area contributed by atoms with Gasteiger partial charge in [-0.25, -0.2) is 4.98 Å². The van der Waals surface area contributed by atoms with Gasteiger partial charge in [-0.05, 0) is 32.5 Å². The Hall–Kier alpha value is -1.13. The van der Waals surface area contributed by atoms with Crippen molar-refractivity contribution >= 4 is 0 Å². The number of likely N-dealkylation sites (tertiary alicyclic amines) is 1. The van der Waals surface area contributed by atoms with E-state index in [1.54, 1.807) is 6.20 Å². The van der Waals surface area contributed by atoms with Crippen molar-refractivity contribution in [1.82, 2.24) is 15.2 Å². The highest BCUT2D eigenvalue weighted by atomic mass is 16.5. The molecule has 1 aliphatic heterocycles. The van der Waals surface area contributed by atoms with E-state index >= 15 is 0 Å². The monoisotopic (exact) mass is 277 g/mol. The molecule has 0 aromatic carbocycles. The minimum Gasteiger partial charge on any atom is -0.476 e. The van der Waals surface area contributed by atoms with E-state index in [9.17, 15) is 0 Å². The van der Waals surface area contributed by atoms with Gasteiger partial charge in [0.25, 0.3) is 0 Å². The zero-order valence-corrected chi connectivity index (χ0v) is 12.9. The third-order valence-electron chi connectivity index (χ3n) is 3.88. The molecule has 0 radical (unpaired) electrons. The minimum absolute atomic E-state index is 0.465. The molecule has 4 nitrogen and oxygen atoms in total. The summed E-state index contributed by atoms with van der Waals surface area (Å²) in [4.78, 5) is 6.79. The zero-order valence-electron chi connectivity index (χ0n) is 12.9. The Labute approximate surface area is 122 Å². The summed E-state index contributed by atoms with van der Waals surface area (Å²) in [5.41, 5.74) is 1.14. The number of aromatic nitrogens is 1. The number of hydrogen-bond acceptors (Lipinski definition) is 4. The molecule has 0 aliphatic carbocycles. The fourth-order valence-corrected chi connectivity index (χ4v) is 2.53. The van der Waals surface area contributed by atoms with E-state index in [2.05, 4.69) is 42.2 Å². The first-order valence-electron chi connectivity index (χ1n) is 7.67. The minimum atomic E-state index is 0.465. The summed E-state index contributed by atoms with van der Waals surface area (Å²) in [5.74, 6) is 0.777. The molecule has 0 saturated carbocycles. The Morgan fingerprint density at radius 2 is 2.30 bits per heavy atom. The standard InChI is InChI=1S/C16H27N3O/c1-13(2)18-11-14-7-6-9-17-16(14)20-12-15-8-4-5-10-19(15)3/h6-7,9,13,15,18H,4-5,8,10-12H2,1-3H3. The molecule has 1 aromatic heterocycles. The first-order chi connectivity index (χ1) is 9.66. The Morgan fingerprint density at radius 3 is 3.05 bits per heavy atom. The number of likely N-dealkylation sites (N-methyl/N-ethyl adjacent to an activating group) is 1. The van der Waals surface area contributed by atoms with E-state index in [-0.39, 0.29) is 0 Å². The van der Waals surface area contributed by atoms with Crippen LogP contribution in [0.2, 0.25) is 0 Å². The van der Waals surface area contributed by atoms with Gasteiger partial charge in [-0.15, -0.1) is 0 Å². The molecule has 0 spiro atoms. The number of nitrogens with one attached hydrogen (secondary N) is 1. The Morgan fingerprint density at radius 1 is 1.45 bits per heavy atom. The molecule has 112 valence electrons. The maximum atomic E-state index is 5.99. The van der Waals surface area contributed by atoms with E-state index in [1.807, 2.05) is 6.07 Å².